The number of piperidine rings is 1. The lowest BCUT2D eigenvalue weighted by atomic mass is 9.96. The number of likely N-dealkylation sites (N-methyl/N-ethyl adjacent to an activating group) is 1. The molecule has 0 aliphatic carbocycles. The van der Waals surface area contributed by atoms with Gasteiger partial charge in [-0.2, -0.15) is 4.31 Å². The Kier molecular flexibility index (Phi) is 6.62. The first kappa shape index (κ1) is 23.6. The quantitative estimate of drug-likeness (QED) is 0.521. The molecular weight excluding hydrogens is 470 g/mol. The van der Waals surface area contributed by atoms with Gasteiger partial charge >= 0.3 is 0 Å². The molecule has 3 aromatic rings. The number of tetrazole rings is 1. The Hall–Kier alpha value is -3.16. The zero-order chi connectivity index (χ0) is 24.4. The minimum absolute atomic E-state index is 0.0557. The summed E-state index contributed by atoms with van der Waals surface area (Å²) in [7, 11) is -3.53. The second kappa shape index (κ2) is 9.84. The highest BCUT2D eigenvalue weighted by Crippen LogP contribution is 2.24. The molecule has 2 aromatic heterocycles. The van der Waals surface area contributed by atoms with Gasteiger partial charge in [-0.05, 0) is 66.2 Å². The van der Waals surface area contributed by atoms with Crippen molar-refractivity contribution in [1.29, 1.82) is 0 Å². The van der Waals surface area contributed by atoms with Gasteiger partial charge in [-0.1, -0.05) is 6.92 Å². The second-order valence-corrected chi connectivity index (χ2v) is 10.8. The third-order valence-corrected chi connectivity index (χ3v) is 8.70. The molecule has 2 fully saturated rings. The Labute approximate surface area is 203 Å². The van der Waals surface area contributed by atoms with Crippen molar-refractivity contribution in [3.8, 4) is 0 Å². The van der Waals surface area contributed by atoms with Crippen LogP contribution < -0.4 is 10.2 Å². The number of fused-ring (bicyclic) bond motifs is 1. The van der Waals surface area contributed by atoms with E-state index in [1.807, 2.05) is 12.1 Å². The highest BCUT2D eigenvalue weighted by molar-refractivity contribution is 7.89. The van der Waals surface area contributed by atoms with E-state index in [0.717, 1.165) is 25.5 Å². The summed E-state index contributed by atoms with van der Waals surface area (Å²) in [6.07, 6.45) is 1.38. The van der Waals surface area contributed by atoms with Gasteiger partial charge in [-0.15, -0.1) is 14.8 Å². The molecule has 12 nitrogen and oxygen atoms in total. The number of sulfonamides is 1. The summed E-state index contributed by atoms with van der Waals surface area (Å²) in [6, 6.07) is 10.2. The van der Waals surface area contributed by atoms with Crippen LogP contribution in [0.2, 0.25) is 0 Å². The highest BCUT2D eigenvalue weighted by atomic mass is 32.2. The van der Waals surface area contributed by atoms with E-state index in [2.05, 4.69) is 42.7 Å². The number of anilines is 2. The van der Waals surface area contributed by atoms with Gasteiger partial charge in [-0.25, -0.2) is 8.42 Å². The van der Waals surface area contributed by atoms with E-state index in [1.165, 1.54) is 8.94 Å². The zero-order valence-electron chi connectivity index (χ0n) is 19.6. The molecule has 1 amide bonds. The maximum atomic E-state index is 13.0. The van der Waals surface area contributed by atoms with Crippen LogP contribution in [0.3, 0.4) is 0 Å². The molecule has 0 radical (unpaired) electrons. The van der Waals surface area contributed by atoms with E-state index in [4.69, 9.17) is 0 Å². The first-order valence-corrected chi connectivity index (χ1v) is 13.3. The summed E-state index contributed by atoms with van der Waals surface area (Å²) in [5.74, 6) is 0.595. The van der Waals surface area contributed by atoms with Crippen LogP contribution in [0.4, 0.5) is 11.5 Å². The molecule has 2 aliphatic rings. The van der Waals surface area contributed by atoms with Gasteiger partial charge in [0.1, 0.15) is 0 Å². The molecule has 5 rings (SSSR count). The van der Waals surface area contributed by atoms with Crippen molar-refractivity contribution in [2.45, 2.75) is 24.7 Å². The van der Waals surface area contributed by atoms with Crippen molar-refractivity contribution in [1.82, 2.24) is 34.5 Å². The Morgan fingerprint density at radius 2 is 1.71 bits per heavy atom. The standard InChI is InChI=1S/C22H29N9O3S/c1-2-28-13-15-30(16-14-28)35(33,34)19-5-3-18(4-6-19)23-22(32)17-9-11-29(12-10-17)21-8-7-20-24-26-27-31(20)25-21/h3-8,17H,2,9-16H2,1H3,(H,23,32). The number of nitrogens with zero attached hydrogens (tertiary/aromatic N) is 8. The molecule has 0 bridgehead atoms. The summed E-state index contributed by atoms with van der Waals surface area (Å²) < 4.78 is 28.9. The van der Waals surface area contributed by atoms with Gasteiger partial charge < -0.3 is 15.1 Å². The fraction of sp³-hybridized carbons (Fsp3) is 0.500. The van der Waals surface area contributed by atoms with E-state index in [0.29, 0.717) is 50.4 Å². The third-order valence-electron chi connectivity index (χ3n) is 6.78. The molecule has 13 heteroatoms. The van der Waals surface area contributed by atoms with Gasteiger partial charge in [-0.3, -0.25) is 4.79 Å². The lowest BCUT2D eigenvalue weighted by molar-refractivity contribution is -0.120. The topological polar surface area (TPSA) is 129 Å². The largest absolute Gasteiger partial charge is 0.355 e. The average molecular weight is 500 g/mol. The molecule has 35 heavy (non-hydrogen) atoms. The smallest absolute Gasteiger partial charge is 0.243 e. The lowest BCUT2D eigenvalue weighted by Gasteiger charge is -2.33. The molecule has 2 aliphatic heterocycles. The number of hydrogen-bond acceptors (Lipinski definition) is 9. The minimum atomic E-state index is -3.53. The lowest BCUT2D eigenvalue weighted by Crippen LogP contribution is -2.48. The molecule has 0 atom stereocenters. The van der Waals surface area contributed by atoms with Crippen molar-refractivity contribution in [2.24, 2.45) is 5.92 Å². The molecule has 1 aromatic carbocycles. The minimum Gasteiger partial charge on any atom is -0.355 e. The Balaban J connectivity index is 1.15. The molecule has 186 valence electrons. The second-order valence-electron chi connectivity index (χ2n) is 8.83. The third kappa shape index (κ3) is 4.97. The summed E-state index contributed by atoms with van der Waals surface area (Å²) in [5, 5.41) is 18.6. The summed E-state index contributed by atoms with van der Waals surface area (Å²) >= 11 is 0. The number of aromatic nitrogens is 5. The summed E-state index contributed by atoms with van der Waals surface area (Å²) in [4.78, 5) is 17.4. The van der Waals surface area contributed by atoms with Gasteiger partial charge in [0.05, 0.1) is 4.90 Å². The van der Waals surface area contributed by atoms with Crippen molar-refractivity contribution in [3.05, 3.63) is 36.4 Å². The number of amides is 1. The van der Waals surface area contributed by atoms with E-state index in [1.54, 1.807) is 24.3 Å². The van der Waals surface area contributed by atoms with Gasteiger partial charge in [0, 0.05) is 50.9 Å². The average Bonchev–Trinajstić information content (AvgIpc) is 3.37. The number of benzene rings is 1. The van der Waals surface area contributed by atoms with Crippen molar-refractivity contribution < 1.29 is 13.2 Å². The van der Waals surface area contributed by atoms with E-state index >= 15 is 0 Å². The maximum absolute atomic E-state index is 13.0. The van der Waals surface area contributed by atoms with Crippen LogP contribution in [-0.4, -0.2) is 94.6 Å². The predicted octanol–water partition coefficient (Wildman–Crippen LogP) is 0.701. The Bertz CT molecular complexity index is 1280. The molecule has 0 spiro atoms. The zero-order valence-corrected chi connectivity index (χ0v) is 20.4. The van der Waals surface area contributed by atoms with Crippen molar-refractivity contribution >= 4 is 33.1 Å². The van der Waals surface area contributed by atoms with Crippen LogP contribution in [0.15, 0.2) is 41.3 Å². The van der Waals surface area contributed by atoms with Gasteiger partial charge in [0.2, 0.25) is 15.9 Å². The van der Waals surface area contributed by atoms with Crippen LogP contribution in [0.25, 0.3) is 5.65 Å². The van der Waals surface area contributed by atoms with Crippen LogP contribution in [0.1, 0.15) is 19.8 Å². The van der Waals surface area contributed by atoms with Crippen LogP contribution in [-0.2, 0) is 14.8 Å². The highest BCUT2D eigenvalue weighted by Gasteiger charge is 2.29. The number of carbonyl (C=O) groups excluding carboxylic acids is 1. The number of nitrogens with one attached hydrogen (secondary N) is 1. The number of rotatable bonds is 6. The van der Waals surface area contributed by atoms with E-state index in [-0.39, 0.29) is 16.7 Å². The first-order chi connectivity index (χ1) is 16.9. The molecule has 1 N–H and O–H groups in total. The van der Waals surface area contributed by atoms with Crippen molar-refractivity contribution in [3.63, 3.8) is 0 Å². The number of piperazine rings is 1. The first-order valence-electron chi connectivity index (χ1n) is 11.9. The van der Waals surface area contributed by atoms with Crippen LogP contribution in [0, 0.1) is 5.92 Å². The SMILES string of the molecule is CCN1CCN(S(=O)(=O)c2ccc(NC(=O)C3CCN(c4ccc5nnnn5n4)CC3)cc2)CC1. The van der Waals surface area contributed by atoms with E-state index in [9.17, 15) is 13.2 Å². The molecular formula is C22H29N9O3S. The fourth-order valence-electron chi connectivity index (χ4n) is 4.57. The fourth-order valence-corrected chi connectivity index (χ4v) is 5.99. The molecule has 2 saturated heterocycles. The Morgan fingerprint density at radius 1 is 1.00 bits per heavy atom. The van der Waals surface area contributed by atoms with Gasteiger partial charge in [0.25, 0.3) is 0 Å². The normalized spacial score (nSPS) is 18.7. The van der Waals surface area contributed by atoms with Gasteiger partial charge in [0.15, 0.2) is 11.5 Å². The Morgan fingerprint density at radius 3 is 2.40 bits per heavy atom. The predicted molar refractivity (Wildman–Crippen MR) is 129 cm³/mol. The van der Waals surface area contributed by atoms with Crippen molar-refractivity contribution in [2.75, 3.05) is 56.0 Å². The molecule has 0 saturated carbocycles. The van der Waals surface area contributed by atoms with Crippen LogP contribution in [0.5, 0.6) is 0 Å². The van der Waals surface area contributed by atoms with E-state index < -0.39 is 10.0 Å². The van der Waals surface area contributed by atoms with Crippen LogP contribution >= 0.6 is 0 Å². The monoisotopic (exact) mass is 499 g/mol. The molecule has 4 heterocycles. The summed E-state index contributed by atoms with van der Waals surface area (Å²) in [5.41, 5.74) is 1.18. The maximum Gasteiger partial charge on any atom is 0.243 e. The molecule has 0 unspecified atom stereocenters. The number of carbonyl (C=O) groups is 1. The number of hydrogen-bond donors (Lipinski definition) is 1. The summed E-state index contributed by atoms with van der Waals surface area (Å²) in [6.45, 7) is 6.86.